The summed E-state index contributed by atoms with van der Waals surface area (Å²) in [7, 11) is 0. The summed E-state index contributed by atoms with van der Waals surface area (Å²) in [5.74, 6) is -0.735. The quantitative estimate of drug-likeness (QED) is 0.736. The SMILES string of the molecule is CC(=O)c1cccc(NC(=O)c2nn(-c3ccccc3)c(C)cc2=O)c1. The minimum atomic E-state index is -0.625. The first-order chi connectivity index (χ1) is 12.5. The van der Waals surface area contributed by atoms with Gasteiger partial charge in [0.2, 0.25) is 5.43 Å². The van der Waals surface area contributed by atoms with E-state index in [9.17, 15) is 14.4 Å². The van der Waals surface area contributed by atoms with Gasteiger partial charge in [-0.25, -0.2) is 4.68 Å². The van der Waals surface area contributed by atoms with Crippen LogP contribution in [-0.2, 0) is 0 Å². The Hall–Kier alpha value is -3.54. The van der Waals surface area contributed by atoms with Gasteiger partial charge in [0, 0.05) is 23.0 Å². The van der Waals surface area contributed by atoms with Crippen LogP contribution in [0.3, 0.4) is 0 Å². The summed E-state index contributed by atoms with van der Waals surface area (Å²) in [6.45, 7) is 3.19. The van der Waals surface area contributed by atoms with Crippen molar-refractivity contribution < 1.29 is 9.59 Å². The van der Waals surface area contributed by atoms with Gasteiger partial charge in [-0.3, -0.25) is 14.4 Å². The Morgan fingerprint density at radius 1 is 1.00 bits per heavy atom. The average Bonchev–Trinajstić information content (AvgIpc) is 2.62. The Balaban J connectivity index is 1.96. The van der Waals surface area contributed by atoms with Crippen molar-refractivity contribution in [2.45, 2.75) is 13.8 Å². The van der Waals surface area contributed by atoms with E-state index in [1.54, 1.807) is 35.9 Å². The standard InChI is InChI=1S/C20H17N3O3/c1-13-11-18(25)19(22-23(13)17-9-4-3-5-10-17)20(26)21-16-8-6-7-15(12-16)14(2)24/h3-12H,1-2H3,(H,21,26). The number of para-hydroxylation sites is 1. The Morgan fingerprint density at radius 3 is 2.42 bits per heavy atom. The molecule has 1 heterocycles. The predicted molar refractivity (Wildman–Crippen MR) is 99.0 cm³/mol. The van der Waals surface area contributed by atoms with Gasteiger partial charge in [0.1, 0.15) is 0 Å². The van der Waals surface area contributed by atoms with Crippen LogP contribution in [0.2, 0.25) is 0 Å². The van der Waals surface area contributed by atoms with Crippen LogP contribution in [-0.4, -0.2) is 21.5 Å². The first-order valence-electron chi connectivity index (χ1n) is 8.04. The molecule has 0 saturated heterocycles. The first-order valence-corrected chi connectivity index (χ1v) is 8.04. The fraction of sp³-hybridized carbons (Fsp3) is 0.100. The fourth-order valence-corrected chi connectivity index (χ4v) is 2.54. The Kier molecular flexibility index (Phi) is 4.75. The molecule has 26 heavy (non-hydrogen) atoms. The monoisotopic (exact) mass is 347 g/mol. The lowest BCUT2D eigenvalue weighted by atomic mass is 10.1. The number of Topliss-reactive ketones (excluding diaryl/α,β-unsaturated/α-hetero) is 1. The van der Waals surface area contributed by atoms with Gasteiger partial charge in [-0.05, 0) is 38.1 Å². The number of hydrogen-bond donors (Lipinski definition) is 1. The van der Waals surface area contributed by atoms with E-state index in [-0.39, 0.29) is 11.5 Å². The van der Waals surface area contributed by atoms with Gasteiger partial charge >= 0.3 is 0 Å². The number of aryl methyl sites for hydroxylation is 1. The Labute approximate surface area is 150 Å². The van der Waals surface area contributed by atoms with Crippen LogP contribution in [0.4, 0.5) is 5.69 Å². The largest absolute Gasteiger partial charge is 0.320 e. The van der Waals surface area contributed by atoms with Crippen LogP contribution in [0.15, 0.2) is 65.5 Å². The van der Waals surface area contributed by atoms with Gasteiger partial charge in [-0.1, -0.05) is 30.3 Å². The topological polar surface area (TPSA) is 81.1 Å². The molecule has 2 aromatic carbocycles. The summed E-state index contributed by atoms with van der Waals surface area (Å²) >= 11 is 0. The van der Waals surface area contributed by atoms with Crippen LogP contribution in [0.1, 0.15) is 33.5 Å². The normalized spacial score (nSPS) is 10.4. The van der Waals surface area contributed by atoms with E-state index >= 15 is 0 Å². The zero-order chi connectivity index (χ0) is 18.7. The molecule has 1 N–H and O–H groups in total. The highest BCUT2D eigenvalue weighted by molar-refractivity contribution is 6.03. The molecule has 0 aliphatic rings. The van der Waals surface area contributed by atoms with Gasteiger partial charge < -0.3 is 5.32 Å². The smallest absolute Gasteiger partial charge is 0.280 e. The zero-order valence-corrected chi connectivity index (χ0v) is 14.4. The van der Waals surface area contributed by atoms with Crippen molar-refractivity contribution in [1.82, 2.24) is 9.78 Å². The van der Waals surface area contributed by atoms with E-state index in [0.717, 1.165) is 5.69 Å². The molecular formula is C20H17N3O3. The molecule has 3 rings (SSSR count). The van der Waals surface area contributed by atoms with E-state index < -0.39 is 11.3 Å². The second-order valence-corrected chi connectivity index (χ2v) is 5.84. The molecule has 0 bridgehead atoms. The number of aromatic nitrogens is 2. The van der Waals surface area contributed by atoms with Gasteiger partial charge in [-0.2, -0.15) is 5.10 Å². The van der Waals surface area contributed by atoms with Crippen LogP contribution < -0.4 is 10.7 Å². The van der Waals surface area contributed by atoms with Crippen molar-refractivity contribution in [3.63, 3.8) is 0 Å². The van der Waals surface area contributed by atoms with Crippen LogP contribution in [0, 0.1) is 6.92 Å². The molecule has 130 valence electrons. The molecule has 0 atom stereocenters. The van der Waals surface area contributed by atoms with Crippen molar-refractivity contribution in [2.24, 2.45) is 0 Å². The summed E-state index contributed by atoms with van der Waals surface area (Å²) in [5.41, 5.74) is 1.59. The van der Waals surface area contributed by atoms with E-state index in [4.69, 9.17) is 0 Å². The number of hydrogen-bond acceptors (Lipinski definition) is 4. The lowest BCUT2D eigenvalue weighted by Crippen LogP contribution is -2.26. The number of nitrogens with one attached hydrogen (secondary N) is 1. The molecule has 6 heteroatoms. The second-order valence-electron chi connectivity index (χ2n) is 5.84. The van der Waals surface area contributed by atoms with E-state index in [0.29, 0.717) is 16.9 Å². The maximum absolute atomic E-state index is 12.5. The summed E-state index contributed by atoms with van der Waals surface area (Å²) in [6.07, 6.45) is 0. The third kappa shape index (κ3) is 3.59. The molecule has 0 spiro atoms. The minimum Gasteiger partial charge on any atom is -0.320 e. The maximum Gasteiger partial charge on any atom is 0.280 e. The number of nitrogens with zero attached hydrogens (tertiary/aromatic N) is 2. The lowest BCUT2D eigenvalue weighted by molar-refractivity contribution is 0.100. The molecule has 0 saturated carbocycles. The Morgan fingerprint density at radius 2 is 1.73 bits per heavy atom. The van der Waals surface area contributed by atoms with Gasteiger partial charge in [0.15, 0.2) is 11.5 Å². The van der Waals surface area contributed by atoms with Crippen molar-refractivity contribution in [3.05, 3.63) is 87.8 Å². The van der Waals surface area contributed by atoms with Crippen LogP contribution in [0.5, 0.6) is 0 Å². The second kappa shape index (κ2) is 7.14. The number of anilines is 1. The van der Waals surface area contributed by atoms with Crippen LogP contribution >= 0.6 is 0 Å². The number of carbonyl (C=O) groups is 2. The molecule has 0 aliphatic carbocycles. The molecule has 3 aromatic rings. The highest BCUT2D eigenvalue weighted by Crippen LogP contribution is 2.13. The summed E-state index contributed by atoms with van der Waals surface area (Å²) in [4.78, 5) is 36.2. The molecule has 0 aliphatic heterocycles. The van der Waals surface area contributed by atoms with Crippen molar-refractivity contribution in [2.75, 3.05) is 5.32 Å². The van der Waals surface area contributed by atoms with Crippen molar-refractivity contribution in [1.29, 1.82) is 0 Å². The minimum absolute atomic E-state index is 0.110. The molecule has 1 aromatic heterocycles. The lowest BCUT2D eigenvalue weighted by Gasteiger charge is -2.11. The highest BCUT2D eigenvalue weighted by atomic mass is 16.2. The molecule has 1 amide bonds. The number of ketones is 1. The molecule has 0 radical (unpaired) electrons. The predicted octanol–water partition coefficient (Wildman–Crippen LogP) is 3.00. The summed E-state index contributed by atoms with van der Waals surface area (Å²) in [6, 6.07) is 17.1. The fourth-order valence-electron chi connectivity index (χ4n) is 2.54. The number of amides is 1. The summed E-state index contributed by atoms with van der Waals surface area (Å²) < 4.78 is 1.54. The molecule has 0 unspecified atom stereocenters. The van der Waals surface area contributed by atoms with Gasteiger partial charge in [0.05, 0.1) is 5.69 Å². The average molecular weight is 347 g/mol. The number of rotatable bonds is 4. The number of benzene rings is 2. The Bertz CT molecular complexity index is 1040. The third-order valence-electron chi connectivity index (χ3n) is 3.85. The van der Waals surface area contributed by atoms with E-state index in [1.807, 2.05) is 30.3 Å². The van der Waals surface area contributed by atoms with Crippen molar-refractivity contribution in [3.8, 4) is 5.69 Å². The maximum atomic E-state index is 12.5. The third-order valence-corrected chi connectivity index (χ3v) is 3.85. The summed E-state index contributed by atoms with van der Waals surface area (Å²) in [5, 5.41) is 6.85. The zero-order valence-electron chi connectivity index (χ0n) is 14.4. The van der Waals surface area contributed by atoms with Crippen LogP contribution in [0.25, 0.3) is 5.69 Å². The van der Waals surface area contributed by atoms with E-state index in [1.165, 1.54) is 13.0 Å². The van der Waals surface area contributed by atoms with Crippen molar-refractivity contribution >= 4 is 17.4 Å². The highest BCUT2D eigenvalue weighted by Gasteiger charge is 2.16. The van der Waals surface area contributed by atoms with E-state index in [2.05, 4.69) is 10.4 Å². The number of carbonyl (C=O) groups excluding carboxylic acids is 2. The molecular weight excluding hydrogens is 330 g/mol. The molecule has 6 nitrogen and oxygen atoms in total. The first kappa shape index (κ1) is 17.3. The van der Waals surface area contributed by atoms with Gasteiger partial charge in [-0.15, -0.1) is 0 Å². The van der Waals surface area contributed by atoms with Gasteiger partial charge in [0.25, 0.3) is 5.91 Å². The molecule has 0 fully saturated rings.